The highest BCUT2D eigenvalue weighted by Gasteiger charge is 2.12. The van der Waals surface area contributed by atoms with Gasteiger partial charge in [0.05, 0.1) is 17.9 Å². The van der Waals surface area contributed by atoms with E-state index in [1.54, 1.807) is 0 Å². The lowest BCUT2D eigenvalue weighted by atomic mass is 10.1. The van der Waals surface area contributed by atoms with E-state index in [0.717, 1.165) is 37.0 Å². The molecule has 0 aliphatic carbocycles. The fourth-order valence-corrected chi connectivity index (χ4v) is 3.61. The maximum Gasteiger partial charge on any atom is 0.0929 e. The van der Waals surface area contributed by atoms with Crippen molar-refractivity contribution >= 4 is 37.9 Å². The molecule has 3 aromatic carbocycles. The molecule has 0 N–H and O–H groups in total. The number of hydrogen-bond donors (Lipinski definition) is 0. The monoisotopic (exact) mass is 492 g/mol. The number of aromatic nitrogens is 2. The van der Waals surface area contributed by atoms with Crippen LogP contribution in [0.4, 0.5) is 0 Å². The quantitative estimate of drug-likeness (QED) is 0.282. The van der Waals surface area contributed by atoms with E-state index in [1.807, 2.05) is 18.2 Å². The van der Waals surface area contributed by atoms with Gasteiger partial charge in [-0.2, -0.15) is 5.10 Å². The van der Waals surface area contributed by atoms with Crippen LogP contribution in [0.25, 0.3) is 28.6 Å². The largest absolute Gasteiger partial charge is 0.260 e. The summed E-state index contributed by atoms with van der Waals surface area (Å²) in [6.07, 6.45) is 1.86. The summed E-state index contributed by atoms with van der Waals surface area (Å²) in [6, 6.07) is 27.2. The van der Waals surface area contributed by atoms with E-state index >= 15 is 0 Å². The number of hydrogen-bond acceptors (Lipinski definition) is 1. The second kappa shape index (κ2) is 8.29. The lowest BCUT2D eigenvalue weighted by molar-refractivity contribution is 0.697. The molecule has 2 nitrogen and oxygen atoms in total. The van der Waals surface area contributed by atoms with Gasteiger partial charge in [0, 0.05) is 14.5 Å². The van der Waals surface area contributed by atoms with Crippen LogP contribution in [0.3, 0.4) is 0 Å². The lowest BCUT2D eigenvalue weighted by Gasteiger charge is -2.08. The highest BCUT2D eigenvalue weighted by Crippen LogP contribution is 2.29. The minimum Gasteiger partial charge on any atom is -0.260 e. The van der Waals surface area contributed by atoms with Crippen LogP contribution in [0.2, 0.25) is 0 Å². The molecule has 0 atom stereocenters. The number of benzene rings is 3. The van der Waals surface area contributed by atoms with Crippen LogP contribution in [0.1, 0.15) is 11.1 Å². The van der Waals surface area contributed by atoms with E-state index in [4.69, 9.17) is 5.10 Å². The molecule has 28 heavy (non-hydrogen) atoms. The number of nitrogens with zero attached hydrogens (tertiary/aromatic N) is 2. The van der Waals surface area contributed by atoms with Gasteiger partial charge >= 0.3 is 0 Å². The fraction of sp³-hybridized carbons (Fsp3) is 0.0417. The Balaban J connectivity index is 1.76. The van der Waals surface area contributed by atoms with E-state index in [0.29, 0.717) is 6.54 Å². The van der Waals surface area contributed by atoms with Crippen LogP contribution in [0.15, 0.2) is 94.4 Å². The van der Waals surface area contributed by atoms with Crippen molar-refractivity contribution in [3.63, 3.8) is 0 Å². The number of halogens is 2. The smallest absolute Gasteiger partial charge is 0.0929 e. The predicted octanol–water partition coefficient (Wildman–Crippen LogP) is 7.43. The van der Waals surface area contributed by atoms with Crippen molar-refractivity contribution in [1.29, 1.82) is 0 Å². The topological polar surface area (TPSA) is 17.8 Å². The Labute approximate surface area is 181 Å². The van der Waals surface area contributed by atoms with Crippen LogP contribution < -0.4 is 0 Å². The molecule has 0 saturated carbocycles. The predicted molar refractivity (Wildman–Crippen MR) is 124 cm³/mol. The minimum absolute atomic E-state index is 0.708. The summed E-state index contributed by atoms with van der Waals surface area (Å²) in [4.78, 5) is 0. The van der Waals surface area contributed by atoms with Crippen molar-refractivity contribution in [2.45, 2.75) is 6.54 Å². The molecule has 0 radical (unpaired) electrons. The Kier molecular flexibility index (Phi) is 5.60. The summed E-state index contributed by atoms with van der Waals surface area (Å²) in [5.74, 6) is 0. The molecule has 4 heteroatoms. The lowest BCUT2D eigenvalue weighted by Crippen LogP contribution is -2.04. The van der Waals surface area contributed by atoms with E-state index in [-0.39, 0.29) is 0 Å². The van der Waals surface area contributed by atoms with Crippen molar-refractivity contribution in [1.82, 2.24) is 9.78 Å². The van der Waals surface area contributed by atoms with E-state index < -0.39 is 0 Å². The van der Waals surface area contributed by atoms with E-state index in [1.165, 1.54) is 5.56 Å². The van der Waals surface area contributed by atoms with Gasteiger partial charge in [0.2, 0.25) is 0 Å². The van der Waals surface area contributed by atoms with Gasteiger partial charge in [0.15, 0.2) is 0 Å². The summed E-state index contributed by atoms with van der Waals surface area (Å²) in [5, 5.41) is 4.92. The first kappa shape index (κ1) is 18.9. The van der Waals surface area contributed by atoms with Gasteiger partial charge in [0.1, 0.15) is 0 Å². The van der Waals surface area contributed by atoms with Crippen LogP contribution in [-0.2, 0) is 6.54 Å². The van der Waals surface area contributed by atoms with E-state index in [9.17, 15) is 0 Å². The molecule has 4 aromatic rings. The zero-order valence-corrected chi connectivity index (χ0v) is 18.3. The van der Waals surface area contributed by atoms with Crippen molar-refractivity contribution in [3.8, 4) is 22.5 Å². The molecule has 0 spiro atoms. The highest BCUT2D eigenvalue weighted by atomic mass is 79.9. The molecule has 0 bridgehead atoms. The summed E-state index contributed by atoms with van der Waals surface area (Å²) < 4.78 is 4.20. The molecule has 0 aliphatic rings. The molecule has 0 aliphatic heterocycles. The van der Waals surface area contributed by atoms with Crippen molar-refractivity contribution < 1.29 is 0 Å². The summed E-state index contributed by atoms with van der Waals surface area (Å²) in [6.45, 7) is 4.53. The third kappa shape index (κ3) is 4.18. The molecule has 4 rings (SSSR count). The van der Waals surface area contributed by atoms with Crippen LogP contribution in [0.5, 0.6) is 0 Å². The van der Waals surface area contributed by atoms with Gasteiger partial charge in [-0.25, -0.2) is 0 Å². The van der Waals surface area contributed by atoms with E-state index in [2.05, 4.69) is 110 Å². The molecule has 0 fully saturated rings. The van der Waals surface area contributed by atoms with Crippen molar-refractivity contribution in [3.05, 3.63) is 106 Å². The molecule has 1 aromatic heterocycles. The molecule has 0 unspecified atom stereocenters. The SMILES string of the molecule is C=Cc1ccc(Cn2nc(-c3ccc(Br)cc3)cc2-c2ccc(Br)cc2)cc1. The highest BCUT2D eigenvalue weighted by molar-refractivity contribution is 9.10. The summed E-state index contributed by atoms with van der Waals surface area (Å²) in [5.41, 5.74) is 6.62. The van der Waals surface area contributed by atoms with Gasteiger partial charge in [-0.15, -0.1) is 0 Å². The Hall–Kier alpha value is -2.43. The van der Waals surface area contributed by atoms with Gasteiger partial charge in [0.25, 0.3) is 0 Å². The fourth-order valence-electron chi connectivity index (χ4n) is 3.08. The van der Waals surface area contributed by atoms with Gasteiger partial charge < -0.3 is 0 Å². The Morgan fingerprint density at radius 2 is 1.36 bits per heavy atom. The van der Waals surface area contributed by atoms with Crippen molar-refractivity contribution in [2.24, 2.45) is 0 Å². The Bertz CT molecular complexity index is 1090. The first-order chi connectivity index (χ1) is 13.6. The minimum atomic E-state index is 0.708. The standard InChI is InChI=1S/C24H18Br2N2/c1-2-17-3-5-18(6-4-17)16-28-24(20-9-13-22(26)14-10-20)15-23(27-28)19-7-11-21(25)12-8-19/h2-15H,1,16H2. The normalized spacial score (nSPS) is 10.8. The maximum absolute atomic E-state index is 4.92. The maximum atomic E-state index is 4.92. The summed E-state index contributed by atoms with van der Waals surface area (Å²) >= 11 is 7.02. The Morgan fingerprint density at radius 3 is 1.93 bits per heavy atom. The second-order valence-electron chi connectivity index (χ2n) is 6.53. The molecule has 1 heterocycles. The molecule has 0 saturated heterocycles. The second-order valence-corrected chi connectivity index (χ2v) is 8.36. The third-order valence-electron chi connectivity index (χ3n) is 4.61. The molecule has 138 valence electrons. The van der Waals surface area contributed by atoms with Crippen LogP contribution in [-0.4, -0.2) is 9.78 Å². The first-order valence-corrected chi connectivity index (χ1v) is 10.5. The van der Waals surface area contributed by atoms with Gasteiger partial charge in [-0.1, -0.05) is 93.0 Å². The van der Waals surface area contributed by atoms with Gasteiger partial charge in [-0.3, -0.25) is 4.68 Å². The zero-order valence-electron chi connectivity index (χ0n) is 15.1. The Morgan fingerprint density at radius 1 is 0.786 bits per heavy atom. The van der Waals surface area contributed by atoms with Crippen LogP contribution in [0, 0.1) is 0 Å². The molecule has 0 amide bonds. The molecular weight excluding hydrogens is 476 g/mol. The van der Waals surface area contributed by atoms with Gasteiger partial charge in [-0.05, 0) is 47.0 Å². The number of rotatable bonds is 5. The average molecular weight is 494 g/mol. The average Bonchev–Trinajstić information content (AvgIpc) is 3.13. The van der Waals surface area contributed by atoms with Crippen molar-refractivity contribution in [2.75, 3.05) is 0 Å². The molecular formula is C24H18Br2N2. The first-order valence-electron chi connectivity index (χ1n) is 8.93. The zero-order chi connectivity index (χ0) is 19.5. The van der Waals surface area contributed by atoms with Crippen LogP contribution >= 0.6 is 31.9 Å². The summed E-state index contributed by atoms with van der Waals surface area (Å²) in [7, 11) is 0. The third-order valence-corrected chi connectivity index (χ3v) is 5.67.